The van der Waals surface area contributed by atoms with E-state index in [0.29, 0.717) is 12.5 Å². The Bertz CT molecular complexity index is 386. The third-order valence-corrected chi connectivity index (χ3v) is 2.58. The number of rotatable bonds is 5. The number of nitrogens with two attached hydrogens (primary N) is 1. The van der Waals surface area contributed by atoms with Crippen molar-refractivity contribution in [2.24, 2.45) is 11.7 Å². The van der Waals surface area contributed by atoms with Gasteiger partial charge in [0.1, 0.15) is 11.6 Å². The van der Waals surface area contributed by atoms with E-state index < -0.39 is 0 Å². The molecule has 3 heteroatoms. The van der Waals surface area contributed by atoms with E-state index in [0.717, 1.165) is 17.9 Å². The minimum absolute atomic E-state index is 0.254. The van der Waals surface area contributed by atoms with E-state index in [1.807, 2.05) is 0 Å². The normalized spacial score (nSPS) is 15.6. The molecule has 0 amide bonds. The van der Waals surface area contributed by atoms with Gasteiger partial charge in [0, 0.05) is 12.1 Å². The van der Waals surface area contributed by atoms with Gasteiger partial charge in [-0.1, -0.05) is 12.2 Å². The van der Waals surface area contributed by atoms with E-state index in [1.54, 1.807) is 18.2 Å². The Morgan fingerprint density at radius 3 is 2.94 bits per heavy atom. The predicted octanol–water partition coefficient (Wildman–Crippen LogP) is 2.59. The molecule has 0 aliphatic heterocycles. The summed E-state index contributed by atoms with van der Waals surface area (Å²) in [5.41, 5.74) is 6.13. The van der Waals surface area contributed by atoms with Crippen molar-refractivity contribution in [1.82, 2.24) is 0 Å². The molecule has 0 saturated heterocycles. The van der Waals surface area contributed by atoms with Gasteiger partial charge in [-0.05, 0) is 37.0 Å². The van der Waals surface area contributed by atoms with Crippen LogP contribution in [0.15, 0.2) is 24.3 Å². The van der Waals surface area contributed by atoms with Gasteiger partial charge >= 0.3 is 0 Å². The Hall–Kier alpha value is -1.35. The molecular formula is C13H16FNO. The molecule has 1 aromatic rings. The first-order valence-corrected chi connectivity index (χ1v) is 5.58. The number of hydrogen-bond donors (Lipinski definition) is 1. The zero-order valence-electron chi connectivity index (χ0n) is 9.16. The van der Waals surface area contributed by atoms with Crippen LogP contribution < -0.4 is 10.5 Å². The minimum atomic E-state index is -0.254. The lowest BCUT2D eigenvalue weighted by Gasteiger charge is -2.08. The Labute approximate surface area is 94.9 Å². The first-order valence-electron chi connectivity index (χ1n) is 5.58. The summed E-state index contributed by atoms with van der Waals surface area (Å²) in [6, 6.07) is 4.56. The molecule has 0 atom stereocenters. The van der Waals surface area contributed by atoms with E-state index in [1.165, 1.54) is 25.0 Å². The van der Waals surface area contributed by atoms with Gasteiger partial charge in [0.2, 0.25) is 0 Å². The summed E-state index contributed by atoms with van der Waals surface area (Å²) in [6.07, 6.45) is 6.08. The first-order chi connectivity index (χ1) is 7.79. The number of halogens is 1. The van der Waals surface area contributed by atoms with Crippen LogP contribution in [0.4, 0.5) is 4.39 Å². The van der Waals surface area contributed by atoms with Crippen LogP contribution in [0, 0.1) is 11.7 Å². The highest BCUT2D eigenvalue weighted by molar-refractivity contribution is 5.57. The van der Waals surface area contributed by atoms with Crippen molar-refractivity contribution in [3.63, 3.8) is 0 Å². The smallest absolute Gasteiger partial charge is 0.126 e. The second kappa shape index (κ2) is 5.12. The van der Waals surface area contributed by atoms with Crippen molar-refractivity contribution in [2.75, 3.05) is 13.2 Å². The molecule has 2 nitrogen and oxygen atoms in total. The van der Waals surface area contributed by atoms with E-state index in [4.69, 9.17) is 10.5 Å². The van der Waals surface area contributed by atoms with E-state index in [2.05, 4.69) is 0 Å². The zero-order chi connectivity index (χ0) is 11.4. The van der Waals surface area contributed by atoms with Gasteiger partial charge in [0.25, 0.3) is 0 Å². The molecule has 0 bridgehead atoms. The highest BCUT2D eigenvalue weighted by atomic mass is 19.1. The van der Waals surface area contributed by atoms with E-state index in [-0.39, 0.29) is 5.82 Å². The van der Waals surface area contributed by atoms with Crippen molar-refractivity contribution in [3.05, 3.63) is 35.7 Å². The SMILES string of the molecule is NCC=Cc1cc(F)ccc1OCC1CC1. The van der Waals surface area contributed by atoms with Crippen LogP contribution in [0.1, 0.15) is 18.4 Å². The van der Waals surface area contributed by atoms with Crippen LogP contribution in [-0.4, -0.2) is 13.2 Å². The molecule has 1 aliphatic carbocycles. The first kappa shape index (κ1) is 11.1. The number of ether oxygens (including phenoxy) is 1. The largest absolute Gasteiger partial charge is 0.493 e. The Kier molecular flexibility index (Phi) is 3.57. The van der Waals surface area contributed by atoms with Gasteiger partial charge in [-0.25, -0.2) is 4.39 Å². The van der Waals surface area contributed by atoms with Crippen molar-refractivity contribution >= 4 is 6.08 Å². The quantitative estimate of drug-likeness (QED) is 0.829. The van der Waals surface area contributed by atoms with Gasteiger partial charge in [-0.3, -0.25) is 0 Å². The van der Waals surface area contributed by atoms with Gasteiger partial charge in [-0.2, -0.15) is 0 Å². The third-order valence-electron chi connectivity index (χ3n) is 2.58. The van der Waals surface area contributed by atoms with Crippen molar-refractivity contribution in [3.8, 4) is 5.75 Å². The Balaban J connectivity index is 2.09. The Morgan fingerprint density at radius 2 is 2.25 bits per heavy atom. The summed E-state index contributed by atoms with van der Waals surface area (Å²) >= 11 is 0. The monoisotopic (exact) mass is 221 g/mol. The van der Waals surface area contributed by atoms with E-state index in [9.17, 15) is 4.39 Å². The van der Waals surface area contributed by atoms with Gasteiger partial charge in [0.05, 0.1) is 6.61 Å². The average molecular weight is 221 g/mol. The molecule has 0 heterocycles. The second-order valence-corrected chi connectivity index (χ2v) is 4.07. The predicted molar refractivity (Wildman–Crippen MR) is 62.7 cm³/mol. The van der Waals surface area contributed by atoms with Crippen LogP contribution in [0.3, 0.4) is 0 Å². The maximum absolute atomic E-state index is 13.1. The summed E-state index contributed by atoms with van der Waals surface area (Å²) in [5, 5.41) is 0. The average Bonchev–Trinajstić information content (AvgIpc) is 3.09. The number of hydrogen-bond acceptors (Lipinski definition) is 2. The molecule has 0 unspecified atom stereocenters. The molecule has 0 aromatic heterocycles. The van der Waals surface area contributed by atoms with Crippen molar-refractivity contribution in [1.29, 1.82) is 0 Å². The maximum atomic E-state index is 13.1. The molecule has 2 rings (SSSR count). The van der Waals surface area contributed by atoms with Crippen LogP contribution >= 0.6 is 0 Å². The second-order valence-electron chi connectivity index (χ2n) is 4.07. The topological polar surface area (TPSA) is 35.2 Å². The van der Waals surface area contributed by atoms with Crippen molar-refractivity contribution in [2.45, 2.75) is 12.8 Å². The van der Waals surface area contributed by atoms with Crippen LogP contribution in [0.5, 0.6) is 5.75 Å². The highest BCUT2D eigenvalue weighted by Gasteiger charge is 2.22. The molecule has 1 aromatic carbocycles. The van der Waals surface area contributed by atoms with Crippen molar-refractivity contribution < 1.29 is 9.13 Å². The Morgan fingerprint density at radius 1 is 1.44 bits per heavy atom. The molecule has 2 N–H and O–H groups in total. The van der Waals surface area contributed by atoms with Gasteiger partial charge < -0.3 is 10.5 Å². The summed E-state index contributed by atoms with van der Waals surface area (Å²) in [7, 11) is 0. The summed E-state index contributed by atoms with van der Waals surface area (Å²) in [5.74, 6) is 1.17. The lowest BCUT2D eigenvalue weighted by Crippen LogP contribution is -2.01. The van der Waals surface area contributed by atoms with Crippen LogP contribution in [0.2, 0.25) is 0 Å². The van der Waals surface area contributed by atoms with Gasteiger partial charge in [-0.15, -0.1) is 0 Å². The van der Waals surface area contributed by atoms with Gasteiger partial charge in [0.15, 0.2) is 0 Å². The fraction of sp³-hybridized carbons (Fsp3) is 0.385. The molecule has 86 valence electrons. The fourth-order valence-corrected chi connectivity index (χ4v) is 1.47. The summed E-state index contributed by atoms with van der Waals surface area (Å²) in [4.78, 5) is 0. The van der Waals surface area contributed by atoms with E-state index >= 15 is 0 Å². The molecule has 0 radical (unpaired) electrons. The number of benzene rings is 1. The molecule has 1 saturated carbocycles. The maximum Gasteiger partial charge on any atom is 0.126 e. The highest BCUT2D eigenvalue weighted by Crippen LogP contribution is 2.30. The fourth-order valence-electron chi connectivity index (χ4n) is 1.47. The zero-order valence-corrected chi connectivity index (χ0v) is 9.16. The molecule has 1 aliphatic rings. The lowest BCUT2D eigenvalue weighted by molar-refractivity contribution is 0.298. The lowest BCUT2D eigenvalue weighted by atomic mass is 10.2. The molecular weight excluding hydrogens is 205 g/mol. The standard InChI is InChI=1S/C13H16FNO/c14-12-5-6-13(16-9-10-3-4-10)11(8-12)2-1-7-15/h1-2,5-6,8,10H,3-4,7,9,15H2. The van der Waals surface area contributed by atoms with Crippen LogP contribution in [0.25, 0.3) is 6.08 Å². The summed E-state index contributed by atoms with van der Waals surface area (Å²) in [6.45, 7) is 1.17. The molecule has 16 heavy (non-hydrogen) atoms. The van der Waals surface area contributed by atoms with Crippen LogP contribution in [-0.2, 0) is 0 Å². The minimum Gasteiger partial charge on any atom is -0.493 e. The third kappa shape index (κ3) is 3.07. The summed E-state index contributed by atoms with van der Waals surface area (Å²) < 4.78 is 18.7. The molecule has 1 fully saturated rings. The molecule has 0 spiro atoms.